The number of ether oxygens (including phenoxy) is 1. The zero-order valence-corrected chi connectivity index (χ0v) is 8.59. The summed E-state index contributed by atoms with van der Waals surface area (Å²) in [4.78, 5) is 10.4. The molecule has 0 atom stereocenters. The second-order valence-electron chi connectivity index (χ2n) is 3.20. The third kappa shape index (κ3) is 2.60. The monoisotopic (exact) mass is 237 g/mol. The molecule has 0 radical (unpaired) electrons. The van der Waals surface area contributed by atoms with Gasteiger partial charge in [0.25, 0.3) is 0 Å². The Hall–Kier alpha value is -2.37. The Balaban J connectivity index is 2.34. The summed E-state index contributed by atoms with van der Waals surface area (Å²) in [5.74, 6) is -1.05. The molecule has 6 heteroatoms. The van der Waals surface area contributed by atoms with Gasteiger partial charge in [-0.3, -0.25) is 0 Å². The highest BCUT2D eigenvalue weighted by Gasteiger charge is 2.12. The number of benzene rings is 1. The molecule has 0 fully saturated rings. The van der Waals surface area contributed by atoms with Crippen molar-refractivity contribution in [3.05, 3.63) is 36.3 Å². The van der Waals surface area contributed by atoms with Crippen LogP contribution in [0.15, 0.2) is 35.0 Å². The Kier molecular flexibility index (Phi) is 3.04. The second-order valence-corrected chi connectivity index (χ2v) is 3.20. The molecule has 0 unspecified atom stereocenters. The first kappa shape index (κ1) is 11.1. The van der Waals surface area contributed by atoms with Gasteiger partial charge in [-0.1, -0.05) is 5.16 Å². The first-order valence-electron chi connectivity index (χ1n) is 4.72. The normalized spacial score (nSPS) is 10.2. The van der Waals surface area contributed by atoms with E-state index in [2.05, 4.69) is 5.16 Å². The van der Waals surface area contributed by atoms with Crippen molar-refractivity contribution in [2.45, 2.75) is 0 Å². The SMILES string of the molecule is O=C(O)COc1ccc(F)cc1-c1ccno1. The second kappa shape index (κ2) is 4.65. The van der Waals surface area contributed by atoms with Crippen molar-refractivity contribution in [3.63, 3.8) is 0 Å². The summed E-state index contributed by atoms with van der Waals surface area (Å²) in [7, 11) is 0. The number of carboxylic acid groups (broad SMARTS) is 1. The molecule has 0 bridgehead atoms. The third-order valence-corrected chi connectivity index (χ3v) is 2.00. The van der Waals surface area contributed by atoms with Crippen LogP contribution in [0.1, 0.15) is 0 Å². The van der Waals surface area contributed by atoms with Gasteiger partial charge in [-0.25, -0.2) is 9.18 Å². The van der Waals surface area contributed by atoms with Crippen molar-refractivity contribution in [1.29, 1.82) is 0 Å². The Labute approximate surface area is 95.4 Å². The topological polar surface area (TPSA) is 72.6 Å². The molecular formula is C11H8FNO4. The van der Waals surface area contributed by atoms with Crippen LogP contribution in [0.4, 0.5) is 4.39 Å². The molecule has 17 heavy (non-hydrogen) atoms. The lowest BCUT2D eigenvalue weighted by molar-refractivity contribution is -0.139. The van der Waals surface area contributed by atoms with Gasteiger partial charge in [-0.2, -0.15) is 0 Å². The van der Waals surface area contributed by atoms with E-state index in [1.165, 1.54) is 30.5 Å². The van der Waals surface area contributed by atoms with E-state index in [1.54, 1.807) is 0 Å². The maximum absolute atomic E-state index is 13.1. The van der Waals surface area contributed by atoms with Crippen LogP contribution in [-0.4, -0.2) is 22.8 Å². The number of hydrogen-bond donors (Lipinski definition) is 1. The van der Waals surface area contributed by atoms with Crippen molar-refractivity contribution in [1.82, 2.24) is 5.16 Å². The van der Waals surface area contributed by atoms with E-state index in [0.29, 0.717) is 11.3 Å². The number of hydrogen-bond acceptors (Lipinski definition) is 4. The predicted molar refractivity (Wildman–Crippen MR) is 55.0 cm³/mol. The largest absolute Gasteiger partial charge is 0.481 e. The van der Waals surface area contributed by atoms with Gasteiger partial charge in [0.05, 0.1) is 11.8 Å². The molecule has 0 aliphatic carbocycles. The maximum atomic E-state index is 13.1. The molecule has 2 rings (SSSR count). The molecule has 0 spiro atoms. The first-order chi connectivity index (χ1) is 8.16. The van der Waals surface area contributed by atoms with Gasteiger partial charge in [0, 0.05) is 6.07 Å². The molecule has 1 N–H and O–H groups in total. The summed E-state index contributed by atoms with van der Waals surface area (Å²) < 4.78 is 23.0. The summed E-state index contributed by atoms with van der Waals surface area (Å²) in [5, 5.41) is 12.0. The zero-order valence-electron chi connectivity index (χ0n) is 8.59. The van der Waals surface area contributed by atoms with Crippen LogP contribution in [0.3, 0.4) is 0 Å². The van der Waals surface area contributed by atoms with E-state index in [9.17, 15) is 9.18 Å². The average molecular weight is 237 g/mol. The minimum absolute atomic E-state index is 0.227. The fraction of sp³-hybridized carbons (Fsp3) is 0.0909. The van der Waals surface area contributed by atoms with Gasteiger partial charge in [0.2, 0.25) is 0 Å². The number of aromatic nitrogens is 1. The van der Waals surface area contributed by atoms with E-state index in [-0.39, 0.29) is 5.75 Å². The lowest BCUT2D eigenvalue weighted by Gasteiger charge is -2.07. The van der Waals surface area contributed by atoms with Gasteiger partial charge in [0.1, 0.15) is 11.6 Å². The Bertz CT molecular complexity index is 524. The summed E-state index contributed by atoms with van der Waals surface area (Å²) in [6.45, 7) is -0.507. The van der Waals surface area contributed by atoms with Crippen molar-refractivity contribution < 1.29 is 23.6 Å². The highest BCUT2D eigenvalue weighted by atomic mass is 19.1. The van der Waals surface area contributed by atoms with Crippen LogP contribution in [0.2, 0.25) is 0 Å². The molecule has 0 saturated heterocycles. The van der Waals surface area contributed by atoms with Crippen molar-refractivity contribution >= 4 is 5.97 Å². The Morgan fingerprint density at radius 3 is 2.94 bits per heavy atom. The Morgan fingerprint density at radius 1 is 1.47 bits per heavy atom. The summed E-state index contributed by atoms with van der Waals surface area (Å²) in [5.41, 5.74) is 0.323. The van der Waals surface area contributed by atoms with E-state index in [1.807, 2.05) is 0 Å². The van der Waals surface area contributed by atoms with Crippen molar-refractivity contribution in [2.75, 3.05) is 6.61 Å². The van der Waals surface area contributed by atoms with E-state index < -0.39 is 18.4 Å². The molecule has 1 heterocycles. The van der Waals surface area contributed by atoms with Crippen LogP contribution in [0, 0.1) is 5.82 Å². The summed E-state index contributed by atoms with van der Waals surface area (Å²) in [6.07, 6.45) is 1.40. The zero-order chi connectivity index (χ0) is 12.3. The molecule has 0 amide bonds. The van der Waals surface area contributed by atoms with Crippen LogP contribution < -0.4 is 4.74 Å². The third-order valence-electron chi connectivity index (χ3n) is 2.00. The van der Waals surface area contributed by atoms with Crippen molar-refractivity contribution in [2.24, 2.45) is 0 Å². The first-order valence-corrected chi connectivity index (χ1v) is 4.72. The fourth-order valence-electron chi connectivity index (χ4n) is 1.31. The standard InChI is InChI=1S/C11H8FNO4/c12-7-1-2-9(16-6-11(14)15)8(5-7)10-3-4-13-17-10/h1-5H,6H2,(H,14,15). The van der Waals surface area contributed by atoms with E-state index in [0.717, 1.165) is 0 Å². The molecule has 0 aliphatic heterocycles. The molecule has 1 aromatic heterocycles. The average Bonchev–Trinajstić information content (AvgIpc) is 2.80. The molecule has 1 aromatic carbocycles. The number of halogens is 1. The molecule has 88 valence electrons. The van der Waals surface area contributed by atoms with Gasteiger partial charge in [-0.05, 0) is 18.2 Å². The van der Waals surface area contributed by atoms with Crippen molar-refractivity contribution in [3.8, 4) is 17.1 Å². The highest BCUT2D eigenvalue weighted by molar-refractivity contribution is 5.70. The number of nitrogens with zero attached hydrogens (tertiary/aromatic N) is 1. The van der Waals surface area contributed by atoms with Crippen LogP contribution in [0.25, 0.3) is 11.3 Å². The van der Waals surface area contributed by atoms with E-state index >= 15 is 0 Å². The van der Waals surface area contributed by atoms with Gasteiger partial charge in [0.15, 0.2) is 12.4 Å². The summed E-state index contributed by atoms with van der Waals surface area (Å²) in [6, 6.07) is 5.24. The lowest BCUT2D eigenvalue weighted by atomic mass is 10.1. The van der Waals surface area contributed by atoms with Crippen LogP contribution >= 0.6 is 0 Å². The van der Waals surface area contributed by atoms with Gasteiger partial charge >= 0.3 is 5.97 Å². The van der Waals surface area contributed by atoms with Crippen LogP contribution in [-0.2, 0) is 4.79 Å². The highest BCUT2D eigenvalue weighted by Crippen LogP contribution is 2.30. The fourth-order valence-corrected chi connectivity index (χ4v) is 1.31. The summed E-state index contributed by atoms with van der Waals surface area (Å²) >= 11 is 0. The smallest absolute Gasteiger partial charge is 0.341 e. The van der Waals surface area contributed by atoms with E-state index in [4.69, 9.17) is 14.4 Å². The quantitative estimate of drug-likeness (QED) is 0.879. The van der Waals surface area contributed by atoms with Crippen LogP contribution in [0.5, 0.6) is 5.75 Å². The lowest BCUT2D eigenvalue weighted by Crippen LogP contribution is -2.10. The predicted octanol–water partition coefficient (Wildman–Crippen LogP) is 1.94. The number of carbonyl (C=O) groups is 1. The molecular weight excluding hydrogens is 229 g/mol. The maximum Gasteiger partial charge on any atom is 0.341 e. The number of carboxylic acids is 1. The Morgan fingerprint density at radius 2 is 2.29 bits per heavy atom. The molecule has 2 aromatic rings. The molecule has 0 aliphatic rings. The van der Waals surface area contributed by atoms with Gasteiger partial charge in [-0.15, -0.1) is 0 Å². The minimum atomic E-state index is -1.11. The minimum Gasteiger partial charge on any atom is -0.481 e. The number of aliphatic carboxylic acids is 1. The molecule has 0 saturated carbocycles. The van der Waals surface area contributed by atoms with Gasteiger partial charge < -0.3 is 14.4 Å². The molecule has 5 nitrogen and oxygen atoms in total. The number of rotatable bonds is 4.